The van der Waals surface area contributed by atoms with Crippen molar-refractivity contribution in [3.8, 4) is 11.1 Å². The first-order valence-corrected chi connectivity index (χ1v) is 8.94. The predicted molar refractivity (Wildman–Crippen MR) is 108 cm³/mol. The number of aliphatic hydroxyl groups is 1. The second-order valence-corrected chi connectivity index (χ2v) is 6.30. The molecule has 0 radical (unpaired) electrons. The summed E-state index contributed by atoms with van der Waals surface area (Å²) < 4.78 is 5.28. The summed E-state index contributed by atoms with van der Waals surface area (Å²) in [6.45, 7) is 1.43. The van der Waals surface area contributed by atoms with Gasteiger partial charge in [0.2, 0.25) is 0 Å². The Morgan fingerprint density at radius 3 is 2.25 bits per heavy atom. The molecule has 0 unspecified atom stereocenters. The summed E-state index contributed by atoms with van der Waals surface area (Å²) in [5, 5.41) is 11.9. The number of benzene rings is 3. The SMILES string of the molecule is C[C@H](OC(=O)c1ccc(CO)cc1)C(=O)Nc1ccccc1-c1ccccc1. The molecule has 28 heavy (non-hydrogen) atoms. The van der Waals surface area contributed by atoms with Crippen LogP contribution in [0, 0.1) is 0 Å². The average molecular weight is 375 g/mol. The van der Waals surface area contributed by atoms with Crippen LogP contribution in [0.2, 0.25) is 0 Å². The monoisotopic (exact) mass is 375 g/mol. The van der Waals surface area contributed by atoms with E-state index in [1.807, 2.05) is 54.6 Å². The molecule has 3 aromatic carbocycles. The van der Waals surface area contributed by atoms with Crippen molar-refractivity contribution >= 4 is 17.6 Å². The number of anilines is 1. The van der Waals surface area contributed by atoms with Gasteiger partial charge in [0.05, 0.1) is 12.2 Å². The third-order valence-corrected chi connectivity index (χ3v) is 4.29. The molecule has 5 heteroatoms. The quantitative estimate of drug-likeness (QED) is 0.638. The molecule has 142 valence electrons. The Balaban J connectivity index is 1.68. The van der Waals surface area contributed by atoms with Crippen LogP contribution in [0.4, 0.5) is 5.69 Å². The van der Waals surface area contributed by atoms with Crippen LogP contribution in [0.25, 0.3) is 11.1 Å². The number of carbonyl (C=O) groups is 2. The second kappa shape index (κ2) is 8.97. The number of hydrogen-bond acceptors (Lipinski definition) is 4. The zero-order chi connectivity index (χ0) is 19.9. The number of para-hydroxylation sites is 1. The highest BCUT2D eigenvalue weighted by atomic mass is 16.5. The van der Waals surface area contributed by atoms with E-state index in [1.54, 1.807) is 24.3 Å². The third-order valence-electron chi connectivity index (χ3n) is 4.29. The molecular formula is C23H21NO4. The molecule has 3 rings (SSSR count). The van der Waals surface area contributed by atoms with E-state index in [0.717, 1.165) is 11.1 Å². The molecule has 2 N–H and O–H groups in total. The van der Waals surface area contributed by atoms with E-state index < -0.39 is 18.0 Å². The number of rotatable bonds is 6. The highest BCUT2D eigenvalue weighted by Gasteiger charge is 2.20. The van der Waals surface area contributed by atoms with Gasteiger partial charge < -0.3 is 15.2 Å². The molecule has 0 heterocycles. The summed E-state index contributed by atoms with van der Waals surface area (Å²) in [5.74, 6) is -1.01. The summed E-state index contributed by atoms with van der Waals surface area (Å²) in [6, 6.07) is 23.6. The van der Waals surface area contributed by atoms with Gasteiger partial charge in [-0.2, -0.15) is 0 Å². The molecule has 0 saturated heterocycles. The highest BCUT2D eigenvalue weighted by molar-refractivity contribution is 5.99. The van der Waals surface area contributed by atoms with Gasteiger partial charge >= 0.3 is 5.97 Å². The van der Waals surface area contributed by atoms with Crippen LogP contribution >= 0.6 is 0 Å². The molecule has 3 aromatic rings. The van der Waals surface area contributed by atoms with Crippen molar-refractivity contribution < 1.29 is 19.4 Å². The fourth-order valence-electron chi connectivity index (χ4n) is 2.72. The van der Waals surface area contributed by atoms with Crippen LogP contribution in [0.1, 0.15) is 22.8 Å². The van der Waals surface area contributed by atoms with E-state index in [4.69, 9.17) is 9.84 Å². The van der Waals surface area contributed by atoms with E-state index in [1.165, 1.54) is 6.92 Å². The van der Waals surface area contributed by atoms with Crippen LogP contribution in [0.15, 0.2) is 78.9 Å². The molecule has 0 aromatic heterocycles. The minimum atomic E-state index is -0.964. The zero-order valence-corrected chi connectivity index (χ0v) is 15.5. The van der Waals surface area contributed by atoms with Gasteiger partial charge in [-0.1, -0.05) is 60.7 Å². The van der Waals surface area contributed by atoms with Crippen LogP contribution in [-0.4, -0.2) is 23.1 Å². The predicted octanol–water partition coefficient (Wildman–Crippen LogP) is 4.03. The number of carbonyl (C=O) groups excluding carboxylic acids is 2. The Labute approximate surface area is 163 Å². The van der Waals surface area contributed by atoms with E-state index in [9.17, 15) is 9.59 Å². The lowest BCUT2D eigenvalue weighted by molar-refractivity contribution is -0.123. The lowest BCUT2D eigenvalue weighted by atomic mass is 10.0. The number of esters is 1. The van der Waals surface area contributed by atoms with Gasteiger partial charge in [-0.15, -0.1) is 0 Å². The van der Waals surface area contributed by atoms with Gasteiger partial charge in [0.1, 0.15) is 0 Å². The fourth-order valence-corrected chi connectivity index (χ4v) is 2.72. The normalized spacial score (nSPS) is 11.5. The van der Waals surface area contributed by atoms with Crippen molar-refractivity contribution in [3.05, 3.63) is 90.0 Å². The molecule has 0 saturated carbocycles. The standard InChI is InChI=1S/C23H21NO4/c1-16(28-23(27)19-13-11-17(15-25)12-14-19)22(26)24-21-10-6-5-9-20(21)18-7-3-2-4-8-18/h2-14,16,25H,15H2,1H3,(H,24,26)/t16-/m0/s1. The maximum atomic E-state index is 12.5. The molecule has 0 bridgehead atoms. The van der Waals surface area contributed by atoms with Crippen molar-refractivity contribution in [1.29, 1.82) is 0 Å². The first-order chi connectivity index (χ1) is 13.6. The Kier molecular flexibility index (Phi) is 6.19. The Morgan fingerprint density at radius 2 is 1.57 bits per heavy atom. The van der Waals surface area contributed by atoms with Crippen LogP contribution < -0.4 is 5.32 Å². The van der Waals surface area contributed by atoms with Gasteiger partial charge in [0.15, 0.2) is 6.10 Å². The molecule has 0 aliphatic rings. The van der Waals surface area contributed by atoms with E-state index in [0.29, 0.717) is 16.8 Å². The van der Waals surface area contributed by atoms with Gasteiger partial charge in [-0.25, -0.2) is 4.79 Å². The number of ether oxygens (including phenoxy) is 1. The first kappa shape index (κ1) is 19.3. The largest absolute Gasteiger partial charge is 0.449 e. The minimum absolute atomic E-state index is 0.102. The third kappa shape index (κ3) is 4.64. The Bertz CT molecular complexity index is 952. The smallest absolute Gasteiger partial charge is 0.338 e. The minimum Gasteiger partial charge on any atom is -0.449 e. The van der Waals surface area contributed by atoms with Crippen LogP contribution in [0.3, 0.4) is 0 Å². The molecule has 1 amide bonds. The number of hydrogen-bond donors (Lipinski definition) is 2. The van der Waals surface area contributed by atoms with Crippen molar-refractivity contribution in [1.82, 2.24) is 0 Å². The Morgan fingerprint density at radius 1 is 0.929 bits per heavy atom. The Hall–Kier alpha value is -3.44. The summed E-state index contributed by atoms with van der Waals surface area (Å²) in [6.07, 6.45) is -0.964. The molecule has 0 aliphatic heterocycles. The van der Waals surface area contributed by atoms with Crippen molar-refractivity contribution in [2.75, 3.05) is 5.32 Å². The van der Waals surface area contributed by atoms with Gasteiger partial charge in [-0.05, 0) is 36.2 Å². The lowest BCUT2D eigenvalue weighted by Gasteiger charge is -2.16. The molecular weight excluding hydrogens is 354 g/mol. The molecule has 5 nitrogen and oxygen atoms in total. The van der Waals surface area contributed by atoms with Crippen molar-refractivity contribution in [2.45, 2.75) is 19.6 Å². The summed E-state index contributed by atoms with van der Waals surface area (Å²) >= 11 is 0. The summed E-state index contributed by atoms with van der Waals surface area (Å²) in [5.41, 5.74) is 3.52. The van der Waals surface area contributed by atoms with Gasteiger partial charge in [0.25, 0.3) is 5.91 Å². The number of nitrogens with one attached hydrogen (secondary N) is 1. The lowest BCUT2D eigenvalue weighted by Crippen LogP contribution is -2.30. The number of aliphatic hydroxyl groups excluding tert-OH is 1. The zero-order valence-electron chi connectivity index (χ0n) is 15.5. The number of amides is 1. The van der Waals surface area contributed by atoms with Crippen molar-refractivity contribution in [2.24, 2.45) is 0 Å². The molecule has 0 aliphatic carbocycles. The van der Waals surface area contributed by atoms with Crippen LogP contribution in [0.5, 0.6) is 0 Å². The maximum Gasteiger partial charge on any atom is 0.338 e. The fraction of sp³-hybridized carbons (Fsp3) is 0.130. The maximum absolute atomic E-state index is 12.5. The van der Waals surface area contributed by atoms with E-state index in [-0.39, 0.29) is 6.61 Å². The second-order valence-electron chi connectivity index (χ2n) is 6.30. The summed E-state index contributed by atoms with van der Waals surface area (Å²) in [7, 11) is 0. The summed E-state index contributed by atoms with van der Waals surface area (Å²) in [4.78, 5) is 24.8. The molecule has 0 spiro atoms. The van der Waals surface area contributed by atoms with E-state index >= 15 is 0 Å². The highest BCUT2D eigenvalue weighted by Crippen LogP contribution is 2.27. The topological polar surface area (TPSA) is 75.6 Å². The molecule has 0 fully saturated rings. The van der Waals surface area contributed by atoms with Gasteiger partial charge in [-0.3, -0.25) is 4.79 Å². The van der Waals surface area contributed by atoms with Crippen molar-refractivity contribution in [3.63, 3.8) is 0 Å². The molecule has 1 atom stereocenters. The van der Waals surface area contributed by atoms with Gasteiger partial charge in [0, 0.05) is 11.3 Å². The van der Waals surface area contributed by atoms with E-state index in [2.05, 4.69) is 5.32 Å². The average Bonchev–Trinajstić information content (AvgIpc) is 2.74. The van der Waals surface area contributed by atoms with Crippen LogP contribution in [-0.2, 0) is 16.1 Å². The first-order valence-electron chi connectivity index (χ1n) is 8.94.